The van der Waals surface area contributed by atoms with Crippen LogP contribution in [0.4, 0.5) is 32.0 Å². The zero-order valence-electron chi connectivity index (χ0n) is 18.6. The van der Waals surface area contributed by atoms with Crippen LogP contribution in [0.15, 0.2) is 18.2 Å². The van der Waals surface area contributed by atoms with Crippen LogP contribution in [0.25, 0.3) is 0 Å². The van der Waals surface area contributed by atoms with E-state index in [2.05, 4.69) is 10.6 Å². The molecule has 1 aromatic carbocycles. The molecule has 5 nitrogen and oxygen atoms in total. The van der Waals surface area contributed by atoms with Gasteiger partial charge in [0.1, 0.15) is 0 Å². The van der Waals surface area contributed by atoms with Crippen LogP contribution in [-0.2, 0) is 21.9 Å². The van der Waals surface area contributed by atoms with Crippen molar-refractivity contribution < 1.29 is 35.9 Å². The lowest BCUT2D eigenvalue weighted by molar-refractivity contribution is -0.143. The Balaban J connectivity index is 1.61. The predicted octanol–water partition coefficient (Wildman–Crippen LogP) is 4.68. The van der Waals surface area contributed by atoms with Gasteiger partial charge in [-0.1, -0.05) is 0 Å². The first kappa shape index (κ1) is 25.3. The molecule has 3 rings (SSSR count). The molecule has 2 fully saturated rings. The van der Waals surface area contributed by atoms with Crippen LogP contribution in [0, 0.1) is 11.3 Å². The third kappa shape index (κ3) is 6.39. The summed E-state index contributed by atoms with van der Waals surface area (Å²) < 4.78 is 78.2. The van der Waals surface area contributed by atoms with E-state index in [1.54, 1.807) is 0 Å². The Bertz CT molecular complexity index is 880. The molecule has 0 radical (unpaired) electrons. The highest BCUT2D eigenvalue weighted by atomic mass is 19.4. The average molecular weight is 479 g/mol. The molecule has 0 aromatic heterocycles. The number of hydrogen-bond acceptors (Lipinski definition) is 3. The third-order valence-electron chi connectivity index (χ3n) is 6.09. The molecule has 184 valence electrons. The fourth-order valence-corrected chi connectivity index (χ4v) is 4.34. The molecule has 1 saturated heterocycles. The third-order valence-corrected chi connectivity index (χ3v) is 6.09. The first-order chi connectivity index (χ1) is 15.0. The highest BCUT2D eigenvalue weighted by molar-refractivity contribution is 5.95. The molecule has 2 aliphatic rings. The molecule has 1 aromatic rings. The first-order valence-electron chi connectivity index (χ1n) is 10.6. The van der Waals surface area contributed by atoms with Gasteiger partial charge in [-0.3, -0.25) is 14.5 Å². The number of amides is 2. The van der Waals surface area contributed by atoms with E-state index >= 15 is 0 Å². The van der Waals surface area contributed by atoms with Gasteiger partial charge in [0.05, 0.1) is 17.7 Å². The molecule has 1 spiro atoms. The van der Waals surface area contributed by atoms with Crippen molar-refractivity contribution in [1.82, 2.24) is 10.2 Å². The Hall–Kier alpha value is -2.30. The van der Waals surface area contributed by atoms with Gasteiger partial charge in [-0.25, -0.2) is 0 Å². The number of nitrogens with zero attached hydrogens (tertiary/aromatic N) is 1. The zero-order chi connectivity index (χ0) is 24.8. The maximum atomic E-state index is 13.0. The lowest BCUT2D eigenvalue weighted by Crippen LogP contribution is -2.47. The van der Waals surface area contributed by atoms with Gasteiger partial charge < -0.3 is 10.6 Å². The maximum Gasteiger partial charge on any atom is 0.416 e. The van der Waals surface area contributed by atoms with Crippen molar-refractivity contribution in [1.29, 1.82) is 0 Å². The minimum Gasteiger partial charge on any atom is -0.350 e. The Morgan fingerprint density at radius 1 is 0.970 bits per heavy atom. The normalized spacial score (nSPS) is 21.1. The van der Waals surface area contributed by atoms with Crippen LogP contribution >= 0.6 is 0 Å². The van der Waals surface area contributed by atoms with Crippen molar-refractivity contribution >= 4 is 17.5 Å². The van der Waals surface area contributed by atoms with Crippen molar-refractivity contribution in [2.75, 3.05) is 25.0 Å². The summed E-state index contributed by atoms with van der Waals surface area (Å²) in [6, 6.07) is 1.05. The van der Waals surface area contributed by atoms with Crippen LogP contribution in [0.1, 0.15) is 51.2 Å². The molecule has 33 heavy (non-hydrogen) atoms. The Morgan fingerprint density at radius 2 is 1.48 bits per heavy atom. The highest BCUT2D eigenvalue weighted by Gasteiger charge is 2.58. The number of anilines is 1. The van der Waals surface area contributed by atoms with Gasteiger partial charge >= 0.3 is 12.4 Å². The second kappa shape index (κ2) is 8.48. The van der Waals surface area contributed by atoms with Gasteiger partial charge in [-0.2, -0.15) is 26.3 Å². The van der Waals surface area contributed by atoms with Crippen LogP contribution < -0.4 is 10.6 Å². The number of alkyl halides is 6. The number of rotatable bonds is 4. The van der Waals surface area contributed by atoms with Gasteiger partial charge in [-0.15, -0.1) is 0 Å². The molecular weight excluding hydrogens is 452 g/mol. The monoisotopic (exact) mass is 479 g/mol. The fraction of sp³-hybridized carbons (Fsp3) is 0.636. The van der Waals surface area contributed by atoms with Crippen LogP contribution in [0.3, 0.4) is 0 Å². The second-order valence-electron chi connectivity index (χ2n) is 9.98. The Kier molecular flexibility index (Phi) is 6.51. The summed E-state index contributed by atoms with van der Waals surface area (Å²) in [5, 5.41) is 5.14. The molecular formula is C22H27F6N3O2. The van der Waals surface area contributed by atoms with Crippen molar-refractivity contribution in [2.45, 2.75) is 57.9 Å². The van der Waals surface area contributed by atoms with Gasteiger partial charge in [0.25, 0.3) is 0 Å². The van der Waals surface area contributed by atoms with Gasteiger partial charge in [0, 0.05) is 17.1 Å². The number of piperidine rings is 1. The van der Waals surface area contributed by atoms with Crippen molar-refractivity contribution in [3.8, 4) is 0 Å². The first-order valence-corrected chi connectivity index (χ1v) is 10.6. The van der Waals surface area contributed by atoms with E-state index in [1.165, 1.54) is 0 Å². The quantitative estimate of drug-likeness (QED) is 0.617. The summed E-state index contributed by atoms with van der Waals surface area (Å²) in [6.07, 6.45) is -8.18. The lowest BCUT2D eigenvalue weighted by Gasteiger charge is -2.33. The molecule has 1 saturated carbocycles. The number of carbonyl (C=O) groups is 2. The topological polar surface area (TPSA) is 61.4 Å². The Labute approximate surface area is 187 Å². The molecule has 11 heteroatoms. The van der Waals surface area contributed by atoms with E-state index in [-0.39, 0.29) is 29.5 Å². The minimum atomic E-state index is -4.98. The molecule has 0 bridgehead atoms. The predicted molar refractivity (Wildman–Crippen MR) is 109 cm³/mol. The number of hydrogen-bond donors (Lipinski definition) is 2. The summed E-state index contributed by atoms with van der Waals surface area (Å²) in [7, 11) is 0. The summed E-state index contributed by atoms with van der Waals surface area (Å²) in [5.41, 5.74) is -4.14. The molecule has 1 heterocycles. The van der Waals surface area contributed by atoms with Gasteiger partial charge in [0.15, 0.2) is 0 Å². The van der Waals surface area contributed by atoms with Crippen LogP contribution in [0.5, 0.6) is 0 Å². The summed E-state index contributed by atoms with van der Waals surface area (Å²) in [4.78, 5) is 26.7. The fourth-order valence-electron chi connectivity index (χ4n) is 4.34. The molecule has 1 atom stereocenters. The lowest BCUT2D eigenvalue weighted by atomic mass is 9.90. The number of carbonyl (C=O) groups excluding carboxylic acids is 2. The van der Waals surface area contributed by atoms with E-state index in [9.17, 15) is 35.9 Å². The number of likely N-dealkylation sites (tertiary alicyclic amines) is 1. The van der Waals surface area contributed by atoms with E-state index in [0.29, 0.717) is 44.5 Å². The second-order valence-corrected chi connectivity index (χ2v) is 9.98. The van der Waals surface area contributed by atoms with Crippen LogP contribution in [-0.4, -0.2) is 41.9 Å². The van der Waals surface area contributed by atoms with E-state index < -0.39 is 41.0 Å². The molecule has 2 N–H and O–H groups in total. The van der Waals surface area contributed by atoms with Gasteiger partial charge in [-0.05, 0) is 76.7 Å². The van der Waals surface area contributed by atoms with E-state index in [0.717, 1.165) is 0 Å². The standard InChI is InChI=1S/C22H27F6N3O2/c1-19(2,3)30-17(32)12-31-6-4-20(5-7-31)11-16(20)18(33)29-15-9-13(21(23,24)25)8-14(10-15)22(26,27)28/h8-10,16H,4-7,11-12H2,1-3H3,(H,29,33)(H,30,32). The van der Waals surface area contributed by atoms with Gasteiger partial charge in [0.2, 0.25) is 11.8 Å². The Morgan fingerprint density at radius 3 is 1.94 bits per heavy atom. The molecule has 2 amide bonds. The molecule has 1 unspecified atom stereocenters. The molecule has 1 aliphatic carbocycles. The van der Waals surface area contributed by atoms with Crippen molar-refractivity contribution in [3.63, 3.8) is 0 Å². The smallest absolute Gasteiger partial charge is 0.350 e. The van der Waals surface area contributed by atoms with Crippen molar-refractivity contribution in [3.05, 3.63) is 29.3 Å². The number of nitrogens with one attached hydrogen (secondary N) is 2. The largest absolute Gasteiger partial charge is 0.416 e. The summed E-state index contributed by atoms with van der Waals surface area (Å²) in [5.74, 6) is -1.16. The maximum absolute atomic E-state index is 13.0. The molecule has 1 aliphatic heterocycles. The zero-order valence-corrected chi connectivity index (χ0v) is 18.6. The number of benzene rings is 1. The average Bonchev–Trinajstić information content (AvgIpc) is 3.34. The minimum absolute atomic E-state index is 0.0276. The van der Waals surface area contributed by atoms with E-state index in [1.807, 2.05) is 25.7 Å². The number of halogens is 6. The highest BCUT2D eigenvalue weighted by Crippen LogP contribution is 2.59. The summed E-state index contributed by atoms with van der Waals surface area (Å²) in [6.45, 7) is 7.05. The van der Waals surface area contributed by atoms with E-state index in [4.69, 9.17) is 0 Å². The van der Waals surface area contributed by atoms with Crippen molar-refractivity contribution in [2.24, 2.45) is 11.3 Å². The summed E-state index contributed by atoms with van der Waals surface area (Å²) >= 11 is 0. The van der Waals surface area contributed by atoms with Crippen LogP contribution in [0.2, 0.25) is 0 Å². The SMILES string of the molecule is CC(C)(C)NC(=O)CN1CCC2(CC1)CC2C(=O)Nc1cc(C(F)(F)F)cc(C(F)(F)F)c1.